The molecule has 4 rings (SSSR count). The minimum absolute atomic E-state index is 0.104. The van der Waals surface area contributed by atoms with Gasteiger partial charge in [-0.15, -0.1) is 11.8 Å². The number of oxazole rings is 1. The highest BCUT2D eigenvalue weighted by Crippen LogP contribution is 2.43. The van der Waals surface area contributed by atoms with E-state index in [4.69, 9.17) is 4.42 Å². The molecule has 1 aliphatic rings. The minimum atomic E-state index is -0.633. The fraction of sp³-hybridized carbons (Fsp3) is 0.217. The molecule has 0 fully saturated rings. The zero-order valence-corrected chi connectivity index (χ0v) is 16.6. The van der Waals surface area contributed by atoms with E-state index in [1.807, 2.05) is 6.92 Å². The second-order valence-corrected chi connectivity index (χ2v) is 8.19. The summed E-state index contributed by atoms with van der Waals surface area (Å²) in [5.74, 6) is -0.694. The van der Waals surface area contributed by atoms with Crippen LogP contribution in [0.1, 0.15) is 33.0 Å². The van der Waals surface area contributed by atoms with Crippen molar-refractivity contribution >= 4 is 22.6 Å². The number of aromatic nitrogens is 1. The molecule has 2 heterocycles. The zero-order chi connectivity index (χ0) is 19.7. The molecule has 2 atom stereocenters. The third-order valence-corrected chi connectivity index (χ3v) is 6.32. The Kier molecular flexibility index (Phi) is 5.09. The monoisotopic (exact) mass is 391 g/mol. The Bertz CT molecular complexity index is 1070. The van der Waals surface area contributed by atoms with Crippen LogP contribution in [0.4, 0.5) is 0 Å². The van der Waals surface area contributed by atoms with Crippen LogP contribution >= 0.6 is 11.8 Å². The molecule has 0 spiro atoms. The van der Waals surface area contributed by atoms with Crippen LogP contribution in [-0.2, 0) is 0 Å². The van der Waals surface area contributed by atoms with Gasteiger partial charge in [-0.25, -0.2) is 9.36 Å². The van der Waals surface area contributed by atoms with E-state index in [1.165, 1.54) is 23.6 Å². The Hall–Kier alpha value is -2.79. The van der Waals surface area contributed by atoms with E-state index in [2.05, 4.69) is 61.5 Å². The molecule has 0 N–H and O–H groups in total. The van der Waals surface area contributed by atoms with E-state index < -0.39 is 5.76 Å². The van der Waals surface area contributed by atoms with Crippen LogP contribution in [0.5, 0.6) is 0 Å². The lowest BCUT2D eigenvalue weighted by Gasteiger charge is -2.29. The van der Waals surface area contributed by atoms with Crippen LogP contribution in [0.25, 0.3) is 4.91 Å². The van der Waals surface area contributed by atoms with Gasteiger partial charge < -0.3 is 4.42 Å². The molecule has 28 heavy (non-hydrogen) atoms. The Morgan fingerprint density at radius 3 is 2.29 bits per heavy atom. The van der Waals surface area contributed by atoms with Crippen molar-refractivity contribution in [2.45, 2.75) is 19.8 Å². The van der Waals surface area contributed by atoms with Gasteiger partial charge in [0, 0.05) is 16.6 Å². The summed E-state index contributed by atoms with van der Waals surface area (Å²) in [7, 11) is 0. The topological polar surface area (TPSA) is 52.2 Å². The first-order chi connectivity index (χ1) is 13.5. The highest BCUT2D eigenvalue weighted by Gasteiger charge is 2.34. The molecular weight excluding hydrogens is 370 g/mol. The second kappa shape index (κ2) is 7.68. The van der Waals surface area contributed by atoms with Crippen molar-refractivity contribution in [1.29, 1.82) is 0 Å². The van der Waals surface area contributed by atoms with Crippen molar-refractivity contribution in [1.82, 2.24) is 4.57 Å². The normalized spacial score (nSPS) is 19.3. The van der Waals surface area contributed by atoms with Crippen molar-refractivity contribution in [3.05, 3.63) is 99.9 Å². The Morgan fingerprint density at radius 1 is 1.04 bits per heavy atom. The van der Waals surface area contributed by atoms with Crippen LogP contribution in [-0.4, -0.2) is 16.2 Å². The minimum Gasteiger partial charge on any atom is -0.416 e. The van der Waals surface area contributed by atoms with E-state index in [-0.39, 0.29) is 17.7 Å². The van der Waals surface area contributed by atoms with Crippen LogP contribution in [0.3, 0.4) is 0 Å². The highest BCUT2D eigenvalue weighted by molar-refractivity contribution is 8.08. The average Bonchev–Trinajstić information content (AvgIpc) is 3.14. The molecule has 0 amide bonds. The molecule has 0 aliphatic carbocycles. The van der Waals surface area contributed by atoms with Gasteiger partial charge in [0.25, 0.3) is 0 Å². The lowest BCUT2D eigenvalue weighted by atomic mass is 9.85. The lowest BCUT2D eigenvalue weighted by molar-refractivity contribution is 0.0829. The first-order valence-electron chi connectivity index (χ1n) is 9.21. The SMILES string of the molecule is Cc1ccc(C2=C[C@H](c3ccc(C)cc3)[C@H](C(=O)n3ccoc3=O)CS2)cc1. The molecule has 0 radical (unpaired) electrons. The van der Waals surface area contributed by atoms with Gasteiger partial charge >= 0.3 is 5.76 Å². The number of hydrogen-bond donors (Lipinski definition) is 0. The number of carbonyl (C=O) groups excluding carboxylic acids is 1. The van der Waals surface area contributed by atoms with Crippen LogP contribution < -0.4 is 5.76 Å². The maximum Gasteiger partial charge on any atom is 0.425 e. The van der Waals surface area contributed by atoms with Crippen LogP contribution in [0.15, 0.2) is 76.3 Å². The molecule has 1 aliphatic heterocycles. The van der Waals surface area contributed by atoms with Crippen molar-refractivity contribution in [2.75, 3.05) is 5.75 Å². The zero-order valence-electron chi connectivity index (χ0n) is 15.8. The van der Waals surface area contributed by atoms with Crippen molar-refractivity contribution < 1.29 is 9.21 Å². The molecule has 4 nitrogen and oxygen atoms in total. The number of nitrogens with zero attached hydrogens (tertiary/aromatic N) is 1. The summed E-state index contributed by atoms with van der Waals surface area (Å²) in [6, 6.07) is 16.7. The van der Waals surface area contributed by atoms with Gasteiger partial charge in [-0.2, -0.15) is 0 Å². The molecule has 0 bridgehead atoms. The number of rotatable bonds is 3. The third kappa shape index (κ3) is 3.62. The molecule has 3 aromatic rings. The smallest absolute Gasteiger partial charge is 0.416 e. The first-order valence-corrected chi connectivity index (χ1v) is 10.2. The Balaban J connectivity index is 1.75. The van der Waals surface area contributed by atoms with E-state index in [1.54, 1.807) is 11.8 Å². The summed E-state index contributed by atoms with van der Waals surface area (Å²) in [4.78, 5) is 26.1. The van der Waals surface area contributed by atoms with Crippen LogP contribution in [0.2, 0.25) is 0 Å². The number of allylic oxidation sites excluding steroid dienone is 1. The van der Waals surface area contributed by atoms with Crippen molar-refractivity contribution in [3.63, 3.8) is 0 Å². The van der Waals surface area contributed by atoms with Gasteiger partial charge in [-0.1, -0.05) is 65.7 Å². The molecule has 5 heteroatoms. The predicted octanol–water partition coefficient (Wildman–Crippen LogP) is 4.89. The molecule has 0 saturated carbocycles. The van der Waals surface area contributed by atoms with E-state index in [9.17, 15) is 9.59 Å². The van der Waals surface area contributed by atoms with Gasteiger partial charge in [-0.3, -0.25) is 4.79 Å². The number of thioether (sulfide) groups is 1. The highest BCUT2D eigenvalue weighted by atomic mass is 32.2. The maximum absolute atomic E-state index is 13.1. The van der Waals surface area contributed by atoms with E-state index in [0.717, 1.165) is 20.6 Å². The molecule has 0 unspecified atom stereocenters. The Labute approximate surface area is 167 Å². The van der Waals surface area contributed by atoms with Crippen molar-refractivity contribution in [2.24, 2.45) is 5.92 Å². The fourth-order valence-corrected chi connectivity index (χ4v) is 4.71. The number of carbonyl (C=O) groups is 1. The molecule has 2 aromatic carbocycles. The van der Waals surface area contributed by atoms with Gasteiger partial charge in [0.15, 0.2) is 0 Å². The van der Waals surface area contributed by atoms with Gasteiger partial charge in [-0.05, 0) is 25.0 Å². The quantitative estimate of drug-likeness (QED) is 0.638. The largest absolute Gasteiger partial charge is 0.425 e. The van der Waals surface area contributed by atoms with Gasteiger partial charge in [0.1, 0.15) is 6.26 Å². The number of aryl methyl sites for hydroxylation is 2. The summed E-state index contributed by atoms with van der Waals surface area (Å²) in [5, 5.41) is 0. The number of benzene rings is 2. The maximum atomic E-state index is 13.1. The van der Waals surface area contributed by atoms with Crippen molar-refractivity contribution in [3.8, 4) is 0 Å². The summed E-state index contributed by atoms with van der Waals surface area (Å²) in [6.45, 7) is 4.11. The molecule has 0 saturated heterocycles. The summed E-state index contributed by atoms with van der Waals surface area (Å²) >= 11 is 1.66. The predicted molar refractivity (Wildman–Crippen MR) is 113 cm³/mol. The van der Waals surface area contributed by atoms with Gasteiger partial charge in [0.2, 0.25) is 5.91 Å². The van der Waals surface area contributed by atoms with E-state index in [0.29, 0.717) is 5.75 Å². The molecular formula is C23H21NO3S. The summed E-state index contributed by atoms with van der Waals surface area (Å²) in [6.07, 6.45) is 4.82. The second-order valence-electron chi connectivity index (χ2n) is 7.13. The van der Waals surface area contributed by atoms with Gasteiger partial charge in [0.05, 0.1) is 12.1 Å². The van der Waals surface area contributed by atoms with Crippen LogP contribution in [0, 0.1) is 19.8 Å². The summed E-state index contributed by atoms with van der Waals surface area (Å²) in [5.41, 5.74) is 4.61. The first kappa shape index (κ1) is 18.6. The standard InChI is InChI=1S/C23H21NO3S/c1-15-3-7-17(8-4-15)19-13-21(18-9-5-16(2)6-10-18)28-14-20(19)22(25)24-11-12-27-23(24)26/h3-13,19-20H,14H2,1-2H3/t19-,20-/m1/s1. The summed E-state index contributed by atoms with van der Waals surface area (Å²) < 4.78 is 5.88. The third-order valence-electron chi connectivity index (χ3n) is 5.11. The lowest BCUT2D eigenvalue weighted by Crippen LogP contribution is -2.34. The molecule has 1 aromatic heterocycles. The Morgan fingerprint density at radius 2 is 1.68 bits per heavy atom. The average molecular weight is 391 g/mol. The van der Waals surface area contributed by atoms with E-state index >= 15 is 0 Å². The molecule has 142 valence electrons. The fourth-order valence-electron chi connectivity index (χ4n) is 3.46. The number of hydrogen-bond acceptors (Lipinski definition) is 4.